The van der Waals surface area contributed by atoms with E-state index < -0.39 is 5.92 Å². The van der Waals surface area contributed by atoms with Gasteiger partial charge in [0.2, 0.25) is 6.54 Å². The Morgan fingerprint density at radius 3 is 2.39 bits per heavy atom. The van der Waals surface area contributed by atoms with Gasteiger partial charge in [-0.15, -0.1) is 13.2 Å². The summed E-state index contributed by atoms with van der Waals surface area (Å²) in [6.45, 7) is 8.01. The zero-order chi connectivity index (χ0) is 22.5. The summed E-state index contributed by atoms with van der Waals surface area (Å²) >= 11 is 3.48. The maximum absolute atomic E-state index is 11.5. The zero-order valence-electron chi connectivity index (χ0n) is 17.6. The number of methoxy groups -OCH3 is 2. The van der Waals surface area contributed by atoms with Gasteiger partial charge in [0, 0.05) is 39.3 Å². The molecule has 1 unspecified atom stereocenters. The number of hydrogen-bond acceptors (Lipinski definition) is 4. The van der Waals surface area contributed by atoms with Crippen molar-refractivity contribution in [2.24, 2.45) is 0 Å². The van der Waals surface area contributed by atoms with Crippen LogP contribution in [0.2, 0.25) is 0 Å². The van der Waals surface area contributed by atoms with Gasteiger partial charge in [0.25, 0.3) is 0 Å². The molecule has 1 heterocycles. The molecule has 1 aromatic heterocycles. The highest BCUT2D eigenvalue weighted by molar-refractivity contribution is 9.10. The zero-order valence-corrected chi connectivity index (χ0v) is 19.2. The van der Waals surface area contributed by atoms with E-state index in [2.05, 4.69) is 33.7 Å². The van der Waals surface area contributed by atoms with Gasteiger partial charge < -0.3 is 14.0 Å². The summed E-state index contributed by atoms with van der Waals surface area (Å²) in [4.78, 5) is 11.2. The average Bonchev–Trinajstić information content (AvgIpc) is 3.12. The molecule has 0 fully saturated rings. The fourth-order valence-electron chi connectivity index (χ4n) is 4.00. The van der Waals surface area contributed by atoms with E-state index in [0.29, 0.717) is 24.5 Å². The van der Waals surface area contributed by atoms with Gasteiger partial charge in [0.1, 0.15) is 11.5 Å². The van der Waals surface area contributed by atoms with Crippen LogP contribution in [0.1, 0.15) is 17.9 Å². The van der Waals surface area contributed by atoms with E-state index in [1.807, 2.05) is 36.5 Å². The Morgan fingerprint density at radius 2 is 1.84 bits per heavy atom. The molecule has 31 heavy (non-hydrogen) atoms. The molecule has 0 saturated carbocycles. The highest BCUT2D eigenvalue weighted by Gasteiger charge is 2.28. The summed E-state index contributed by atoms with van der Waals surface area (Å²) in [6.07, 6.45) is 6.00. The van der Waals surface area contributed by atoms with Crippen LogP contribution in [-0.2, 0) is 6.54 Å². The topological polar surface area (TPSA) is 66.5 Å². The van der Waals surface area contributed by atoms with Gasteiger partial charge in [-0.3, -0.25) is 10.1 Å². The predicted octanol–water partition coefficient (Wildman–Crippen LogP) is 6.21. The number of allylic oxidation sites excluding steroid dienone is 2. The van der Waals surface area contributed by atoms with Gasteiger partial charge in [-0.2, -0.15) is 0 Å². The number of ether oxygens (including phenoxy) is 2. The molecule has 0 aliphatic carbocycles. The van der Waals surface area contributed by atoms with Crippen molar-refractivity contribution in [3.05, 3.63) is 82.0 Å². The van der Waals surface area contributed by atoms with Gasteiger partial charge >= 0.3 is 0 Å². The van der Waals surface area contributed by atoms with Crippen molar-refractivity contribution in [2.45, 2.75) is 18.9 Å². The second kappa shape index (κ2) is 9.83. The van der Waals surface area contributed by atoms with Gasteiger partial charge in [-0.1, -0.05) is 40.2 Å². The fourth-order valence-corrected chi connectivity index (χ4v) is 4.27. The molecule has 0 amide bonds. The normalized spacial score (nSPS) is 11.8. The number of hydrogen-bond donors (Lipinski definition) is 0. The van der Waals surface area contributed by atoms with Gasteiger partial charge in [0.05, 0.1) is 31.0 Å². The largest absolute Gasteiger partial charge is 0.496 e. The first-order chi connectivity index (χ1) is 14.9. The van der Waals surface area contributed by atoms with Crippen molar-refractivity contribution in [3.8, 4) is 22.6 Å². The van der Waals surface area contributed by atoms with E-state index >= 15 is 0 Å². The monoisotopic (exact) mass is 484 g/mol. The van der Waals surface area contributed by atoms with Crippen LogP contribution in [0.4, 0.5) is 0 Å². The summed E-state index contributed by atoms with van der Waals surface area (Å²) in [5.41, 5.74) is 3.62. The standard InChI is InChI=1S/C24H25BrN2O4/c1-5-7-17(14-27(28)29)22-20(30-3)13-21(31-4)23-19(15-26(12-6-2)24(22)23)16-8-10-18(25)11-9-16/h5-6,8-11,13,15,17H,1-2,7,12,14H2,3-4H3. The van der Waals surface area contributed by atoms with Crippen molar-refractivity contribution >= 4 is 26.8 Å². The van der Waals surface area contributed by atoms with Crippen LogP contribution in [0.25, 0.3) is 22.0 Å². The third-order valence-corrected chi connectivity index (χ3v) is 5.79. The fraction of sp³-hybridized carbons (Fsp3) is 0.250. The molecular formula is C24H25BrN2O4. The van der Waals surface area contributed by atoms with Crippen LogP contribution in [0, 0.1) is 10.1 Å². The van der Waals surface area contributed by atoms with Crippen molar-refractivity contribution in [1.29, 1.82) is 0 Å². The number of rotatable bonds is 10. The van der Waals surface area contributed by atoms with E-state index in [1.54, 1.807) is 26.4 Å². The first-order valence-corrected chi connectivity index (χ1v) is 10.6. The molecular weight excluding hydrogens is 460 g/mol. The minimum absolute atomic E-state index is 0.226. The van der Waals surface area contributed by atoms with Crippen LogP contribution in [0.3, 0.4) is 0 Å². The summed E-state index contributed by atoms with van der Waals surface area (Å²) in [7, 11) is 3.18. The van der Waals surface area contributed by atoms with Crippen LogP contribution in [-0.4, -0.2) is 30.3 Å². The van der Waals surface area contributed by atoms with Crippen LogP contribution < -0.4 is 9.47 Å². The highest BCUT2D eigenvalue weighted by atomic mass is 79.9. The van der Waals surface area contributed by atoms with E-state index in [1.165, 1.54) is 0 Å². The molecule has 1 atom stereocenters. The Balaban J connectivity index is 2.44. The number of aromatic nitrogens is 1. The molecule has 0 saturated heterocycles. The Hall–Kier alpha value is -3.06. The number of benzene rings is 2. The Labute approximate surface area is 190 Å². The molecule has 0 radical (unpaired) electrons. The molecule has 0 aliphatic heterocycles. The van der Waals surface area contributed by atoms with Crippen LogP contribution in [0.5, 0.6) is 11.5 Å². The second-order valence-electron chi connectivity index (χ2n) is 7.15. The van der Waals surface area contributed by atoms with Crippen molar-refractivity contribution < 1.29 is 14.4 Å². The minimum atomic E-state index is -0.396. The molecule has 0 spiro atoms. The molecule has 162 valence electrons. The van der Waals surface area contributed by atoms with E-state index in [-0.39, 0.29) is 11.5 Å². The Bertz CT molecular complexity index is 1120. The average molecular weight is 485 g/mol. The minimum Gasteiger partial charge on any atom is -0.496 e. The maximum Gasteiger partial charge on any atom is 0.211 e. The van der Waals surface area contributed by atoms with Gasteiger partial charge in [-0.25, -0.2) is 0 Å². The van der Waals surface area contributed by atoms with Crippen molar-refractivity contribution in [1.82, 2.24) is 4.57 Å². The van der Waals surface area contributed by atoms with Gasteiger partial charge in [0.15, 0.2) is 0 Å². The number of fused-ring (bicyclic) bond motifs is 1. The lowest BCUT2D eigenvalue weighted by Gasteiger charge is -2.20. The molecule has 3 rings (SSSR count). The maximum atomic E-state index is 11.5. The summed E-state index contributed by atoms with van der Waals surface area (Å²) in [5, 5.41) is 12.4. The van der Waals surface area contributed by atoms with Crippen LogP contribution in [0.15, 0.2) is 66.3 Å². The van der Waals surface area contributed by atoms with Crippen molar-refractivity contribution in [3.63, 3.8) is 0 Å². The van der Waals surface area contributed by atoms with E-state index in [9.17, 15) is 10.1 Å². The first kappa shape index (κ1) is 22.6. The lowest BCUT2D eigenvalue weighted by molar-refractivity contribution is -0.483. The summed E-state index contributed by atoms with van der Waals surface area (Å²) in [6, 6.07) is 9.83. The summed E-state index contributed by atoms with van der Waals surface area (Å²) in [5.74, 6) is 0.811. The van der Waals surface area contributed by atoms with E-state index in [4.69, 9.17) is 9.47 Å². The smallest absolute Gasteiger partial charge is 0.211 e. The molecule has 0 bridgehead atoms. The van der Waals surface area contributed by atoms with Crippen LogP contribution >= 0.6 is 15.9 Å². The lowest BCUT2D eigenvalue weighted by atomic mass is 9.91. The second-order valence-corrected chi connectivity index (χ2v) is 8.06. The molecule has 6 nitrogen and oxygen atoms in total. The Morgan fingerprint density at radius 1 is 1.16 bits per heavy atom. The molecule has 2 aromatic carbocycles. The lowest BCUT2D eigenvalue weighted by Crippen LogP contribution is -2.15. The quantitative estimate of drug-likeness (QED) is 0.195. The number of nitrogens with zero attached hydrogens (tertiary/aromatic N) is 2. The first-order valence-electron chi connectivity index (χ1n) is 9.82. The SMILES string of the molecule is C=CCC(C[N+](=O)[O-])c1c(OC)cc(OC)c2c(-c3ccc(Br)cc3)cn(CC=C)c12. The highest BCUT2D eigenvalue weighted by Crippen LogP contribution is 2.46. The third-order valence-electron chi connectivity index (χ3n) is 5.26. The molecule has 7 heteroatoms. The summed E-state index contributed by atoms with van der Waals surface area (Å²) < 4.78 is 14.5. The van der Waals surface area contributed by atoms with Gasteiger partial charge in [-0.05, 0) is 24.1 Å². The molecule has 0 aliphatic rings. The number of halogens is 1. The van der Waals surface area contributed by atoms with Crippen molar-refractivity contribution in [2.75, 3.05) is 20.8 Å². The Kier molecular flexibility index (Phi) is 7.17. The molecule has 0 N–H and O–H groups in total. The van der Waals surface area contributed by atoms with E-state index in [0.717, 1.165) is 32.1 Å². The third kappa shape index (κ3) is 4.51. The molecule has 3 aromatic rings. The predicted molar refractivity (Wildman–Crippen MR) is 128 cm³/mol. The number of nitro groups is 1.